The van der Waals surface area contributed by atoms with Crippen LogP contribution in [0, 0.1) is 15.5 Å². The van der Waals surface area contributed by atoms with Gasteiger partial charge in [-0.1, -0.05) is 13.8 Å². The lowest BCUT2D eigenvalue weighted by Gasteiger charge is -2.24. The molecule has 21 heavy (non-hydrogen) atoms. The number of nitrogens with zero attached hydrogens (tertiary/aromatic N) is 2. The molecule has 0 radical (unpaired) electrons. The summed E-state index contributed by atoms with van der Waals surface area (Å²) in [5.41, 5.74) is 0.397. The Morgan fingerprint density at radius 1 is 1.33 bits per heavy atom. The first-order valence-electron chi connectivity index (χ1n) is 7.07. The van der Waals surface area contributed by atoms with Crippen molar-refractivity contribution in [2.45, 2.75) is 33.1 Å². The topological polar surface area (TPSA) is 83.7 Å². The maximum atomic E-state index is 11.1. The van der Waals surface area contributed by atoms with E-state index in [1.165, 1.54) is 12.1 Å². The fourth-order valence-electron chi connectivity index (χ4n) is 2.73. The van der Waals surface area contributed by atoms with Crippen molar-refractivity contribution < 1.29 is 14.8 Å². The summed E-state index contributed by atoms with van der Waals surface area (Å²) in [5.74, 6) is -1.27. The van der Waals surface area contributed by atoms with Gasteiger partial charge in [0.05, 0.1) is 4.92 Å². The molecule has 1 aliphatic rings. The molecule has 1 aliphatic heterocycles. The Labute approximate surface area is 123 Å². The Morgan fingerprint density at radius 3 is 2.67 bits per heavy atom. The largest absolute Gasteiger partial charge is 0.477 e. The van der Waals surface area contributed by atoms with Crippen molar-refractivity contribution in [3.05, 3.63) is 33.9 Å². The van der Waals surface area contributed by atoms with Gasteiger partial charge >= 0.3 is 5.97 Å². The van der Waals surface area contributed by atoms with E-state index < -0.39 is 10.9 Å². The second kappa shape index (κ2) is 5.71. The fourth-order valence-corrected chi connectivity index (χ4v) is 2.73. The zero-order chi connectivity index (χ0) is 15.6. The van der Waals surface area contributed by atoms with Crippen LogP contribution in [0.5, 0.6) is 0 Å². The average Bonchev–Trinajstić information content (AvgIpc) is 2.59. The van der Waals surface area contributed by atoms with E-state index in [1.807, 2.05) is 0 Å². The van der Waals surface area contributed by atoms with E-state index in [0.29, 0.717) is 0 Å². The molecule has 0 aromatic heterocycles. The Kier molecular flexibility index (Phi) is 4.16. The molecule has 0 amide bonds. The second-order valence-corrected chi connectivity index (χ2v) is 6.27. The van der Waals surface area contributed by atoms with Crippen molar-refractivity contribution >= 4 is 17.3 Å². The van der Waals surface area contributed by atoms with Crippen LogP contribution in [0.25, 0.3) is 0 Å². The Balaban J connectivity index is 2.30. The molecule has 6 heteroatoms. The summed E-state index contributed by atoms with van der Waals surface area (Å²) < 4.78 is 0. The maximum Gasteiger partial charge on any atom is 0.342 e. The van der Waals surface area contributed by atoms with Gasteiger partial charge in [-0.15, -0.1) is 0 Å². The molecule has 1 N–H and O–H groups in total. The van der Waals surface area contributed by atoms with Gasteiger partial charge in [-0.2, -0.15) is 0 Å². The predicted molar refractivity (Wildman–Crippen MR) is 79.9 cm³/mol. The lowest BCUT2D eigenvalue weighted by molar-refractivity contribution is -0.385. The summed E-state index contributed by atoms with van der Waals surface area (Å²) in [4.78, 5) is 23.6. The van der Waals surface area contributed by atoms with Crippen LogP contribution in [0.1, 0.15) is 43.5 Å². The zero-order valence-corrected chi connectivity index (χ0v) is 12.3. The molecular formula is C15H20N2O4. The number of nitro groups is 1. The molecule has 0 bridgehead atoms. The third-order valence-corrected chi connectivity index (χ3v) is 4.11. The van der Waals surface area contributed by atoms with Crippen molar-refractivity contribution in [2.24, 2.45) is 5.41 Å². The first-order chi connectivity index (χ1) is 9.80. The third-order valence-electron chi connectivity index (χ3n) is 4.11. The number of hydrogen-bond donors (Lipinski definition) is 1. The number of benzene rings is 1. The summed E-state index contributed by atoms with van der Waals surface area (Å²) in [7, 11) is 0. The van der Waals surface area contributed by atoms with E-state index >= 15 is 0 Å². The standard InChI is InChI=1S/C15H20N2O4/c1-15(2)6-3-8-16(9-7-15)11-4-5-12(14(18)19)13(10-11)17(20)21/h4-5,10H,3,6-9H2,1-2H3,(H,18,19). The van der Waals surface area contributed by atoms with Gasteiger partial charge in [0.2, 0.25) is 0 Å². The monoisotopic (exact) mass is 292 g/mol. The molecule has 1 aromatic carbocycles. The van der Waals surface area contributed by atoms with Crippen LogP contribution in [0.15, 0.2) is 18.2 Å². The summed E-state index contributed by atoms with van der Waals surface area (Å²) in [6.45, 7) is 6.13. The number of aromatic carboxylic acids is 1. The van der Waals surface area contributed by atoms with Crippen LogP contribution in [0.2, 0.25) is 0 Å². The minimum absolute atomic E-state index is 0.265. The molecule has 1 heterocycles. The lowest BCUT2D eigenvalue weighted by Crippen LogP contribution is -2.25. The van der Waals surface area contributed by atoms with Crippen molar-refractivity contribution in [3.8, 4) is 0 Å². The number of carboxylic acids is 1. The van der Waals surface area contributed by atoms with Gasteiger partial charge in [0.15, 0.2) is 0 Å². The van der Waals surface area contributed by atoms with Gasteiger partial charge in [-0.3, -0.25) is 10.1 Å². The third kappa shape index (κ3) is 3.51. The quantitative estimate of drug-likeness (QED) is 0.682. The van der Waals surface area contributed by atoms with E-state index in [0.717, 1.165) is 38.0 Å². The van der Waals surface area contributed by atoms with Gasteiger partial charge in [-0.05, 0) is 36.8 Å². The number of carboxylic acid groups (broad SMARTS) is 1. The molecule has 0 spiro atoms. The van der Waals surface area contributed by atoms with Crippen LogP contribution in [0.3, 0.4) is 0 Å². The van der Waals surface area contributed by atoms with Gasteiger partial charge in [-0.25, -0.2) is 4.79 Å². The zero-order valence-electron chi connectivity index (χ0n) is 12.3. The van der Waals surface area contributed by atoms with Crippen molar-refractivity contribution in [1.82, 2.24) is 0 Å². The van der Waals surface area contributed by atoms with Gasteiger partial charge in [0, 0.05) is 24.8 Å². The molecular weight excluding hydrogens is 272 g/mol. The molecule has 0 atom stereocenters. The van der Waals surface area contributed by atoms with E-state index in [2.05, 4.69) is 18.7 Å². The highest BCUT2D eigenvalue weighted by molar-refractivity contribution is 5.93. The van der Waals surface area contributed by atoms with E-state index in [1.54, 1.807) is 6.07 Å². The summed E-state index contributed by atoms with van der Waals surface area (Å²) >= 11 is 0. The summed E-state index contributed by atoms with van der Waals surface area (Å²) in [6, 6.07) is 4.36. The van der Waals surface area contributed by atoms with Crippen LogP contribution < -0.4 is 4.90 Å². The van der Waals surface area contributed by atoms with Crippen LogP contribution in [-0.4, -0.2) is 29.1 Å². The highest BCUT2D eigenvalue weighted by Crippen LogP contribution is 2.33. The smallest absolute Gasteiger partial charge is 0.342 e. The average molecular weight is 292 g/mol. The molecule has 1 fully saturated rings. The number of rotatable bonds is 3. The van der Waals surface area contributed by atoms with E-state index in [9.17, 15) is 14.9 Å². The highest BCUT2D eigenvalue weighted by atomic mass is 16.6. The Hall–Kier alpha value is -2.11. The van der Waals surface area contributed by atoms with Gasteiger partial charge < -0.3 is 10.0 Å². The first kappa shape index (κ1) is 15.3. The van der Waals surface area contributed by atoms with Gasteiger partial charge in [0.25, 0.3) is 5.69 Å². The van der Waals surface area contributed by atoms with Crippen molar-refractivity contribution in [2.75, 3.05) is 18.0 Å². The number of anilines is 1. The molecule has 0 saturated carbocycles. The van der Waals surface area contributed by atoms with Crippen molar-refractivity contribution in [3.63, 3.8) is 0 Å². The molecule has 1 aromatic rings. The van der Waals surface area contributed by atoms with Gasteiger partial charge in [0.1, 0.15) is 5.56 Å². The predicted octanol–water partition coefficient (Wildman–Crippen LogP) is 3.31. The summed E-state index contributed by atoms with van der Waals surface area (Å²) in [6.07, 6.45) is 3.17. The number of carbonyl (C=O) groups is 1. The fraction of sp³-hybridized carbons (Fsp3) is 0.533. The minimum Gasteiger partial charge on any atom is -0.477 e. The number of nitro benzene ring substituents is 1. The van der Waals surface area contributed by atoms with Crippen molar-refractivity contribution in [1.29, 1.82) is 0 Å². The van der Waals surface area contributed by atoms with E-state index in [-0.39, 0.29) is 16.7 Å². The molecule has 2 rings (SSSR count). The lowest BCUT2D eigenvalue weighted by atomic mass is 9.85. The minimum atomic E-state index is -1.27. The van der Waals surface area contributed by atoms with Crippen LogP contribution in [-0.2, 0) is 0 Å². The summed E-state index contributed by atoms with van der Waals surface area (Å²) in [5, 5.41) is 20.1. The number of hydrogen-bond acceptors (Lipinski definition) is 4. The Bertz CT molecular complexity index is 569. The molecule has 6 nitrogen and oxygen atoms in total. The highest BCUT2D eigenvalue weighted by Gasteiger charge is 2.25. The SMILES string of the molecule is CC1(C)CCCN(c2ccc(C(=O)O)c([N+](=O)[O-])c2)CC1. The molecule has 1 saturated heterocycles. The normalized spacial score (nSPS) is 18.1. The second-order valence-electron chi connectivity index (χ2n) is 6.27. The van der Waals surface area contributed by atoms with Crippen LogP contribution >= 0.6 is 0 Å². The van der Waals surface area contributed by atoms with E-state index in [4.69, 9.17) is 5.11 Å². The first-order valence-corrected chi connectivity index (χ1v) is 7.07. The molecule has 0 aliphatic carbocycles. The molecule has 114 valence electrons. The maximum absolute atomic E-state index is 11.1. The Morgan fingerprint density at radius 2 is 2.05 bits per heavy atom. The van der Waals surface area contributed by atoms with Crippen LogP contribution in [0.4, 0.5) is 11.4 Å². The molecule has 0 unspecified atom stereocenters.